The van der Waals surface area contributed by atoms with Gasteiger partial charge in [0.15, 0.2) is 0 Å². The zero-order valence-corrected chi connectivity index (χ0v) is 13.5. The summed E-state index contributed by atoms with van der Waals surface area (Å²) in [5.74, 6) is 1.09. The van der Waals surface area contributed by atoms with Gasteiger partial charge in [0.2, 0.25) is 11.8 Å². The van der Waals surface area contributed by atoms with E-state index in [2.05, 4.69) is 16.4 Å². The van der Waals surface area contributed by atoms with Gasteiger partial charge in [0.1, 0.15) is 5.75 Å². The van der Waals surface area contributed by atoms with E-state index in [0.29, 0.717) is 18.2 Å². The summed E-state index contributed by atoms with van der Waals surface area (Å²) < 4.78 is 5.78. The summed E-state index contributed by atoms with van der Waals surface area (Å²) in [5, 5.41) is 3.78. The lowest BCUT2D eigenvalue weighted by Gasteiger charge is -2.08. The third-order valence-electron chi connectivity index (χ3n) is 3.56. The molecule has 0 fully saturated rings. The van der Waals surface area contributed by atoms with Crippen molar-refractivity contribution in [3.8, 4) is 11.6 Å². The van der Waals surface area contributed by atoms with Crippen molar-refractivity contribution < 1.29 is 9.53 Å². The summed E-state index contributed by atoms with van der Waals surface area (Å²) in [4.78, 5) is 15.5. The molecule has 0 bridgehead atoms. The highest BCUT2D eigenvalue weighted by Gasteiger charge is 2.03. The van der Waals surface area contributed by atoms with Gasteiger partial charge in [0.05, 0.1) is 5.52 Å². The molecule has 0 spiro atoms. The molecule has 0 aliphatic carbocycles. The first-order valence-electron chi connectivity index (χ1n) is 7.79. The molecule has 0 saturated carbocycles. The van der Waals surface area contributed by atoms with Crippen LogP contribution in [-0.4, -0.2) is 17.4 Å². The van der Waals surface area contributed by atoms with E-state index in [0.717, 1.165) is 23.0 Å². The minimum Gasteiger partial charge on any atom is -0.439 e. The van der Waals surface area contributed by atoms with E-state index in [-0.39, 0.29) is 5.91 Å². The minimum absolute atomic E-state index is 0.103. The van der Waals surface area contributed by atoms with Gasteiger partial charge in [-0.25, -0.2) is 4.98 Å². The highest BCUT2D eigenvalue weighted by atomic mass is 16.5. The molecule has 3 rings (SSSR count). The van der Waals surface area contributed by atoms with E-state index < -0.39 is 0 Å². The van der Waals surface area contributed by atoms with Crippen LogP contribution in [0.2, 0.25) is 0 Å². The van der Waals surface area contributed by atoms with E-state index >= 15 is 0 Å². The number of pyridine rings is 1. The summed E-state index contributed by atoms with van der Waals surface area (Å²) in [5.41, 5.74) is 8.40. The number of rotatable bonds is 5. The smallest absolute Gasteiger partial charge is 0.221 e. The largest absolute Gasteiger partial charge is 0.439 e. The van der Waals surface area contributed by atoms with Crippen LogP contribution in [-0.2, 0) is 11.2 Å². The predicted molar refractivity (Wildman–Crippen MR) is 95.3 cm³/mol. The highest BCUT2D eigenvalue weighted by molar-refractivity contribution is 5.88. The molecule has 122 valence electrons. The van der Waals surface area contributed by atoms with Crippen LogP contribution in [0.5, 0.6) is 11.6 Å². The van der Waals surface area contributed by atoms with E-state index in [9.17, 15) is 4.79 Å². The molecule has 5 heteroatoms. The van der Waals surface area contributed by atoms with Crippen molar-refractivity contribution in [3.63, 3.8) is 0 Å². The second-order valence-corrected chi connectivity index (χ2v) is 5.52. The van der Waals surface area contributed by atoms with Gasteiger partial charge in [-0.05, 0) is 61.0 Å². The SMILES string of the molecule is CC(=O)Nc1ccc(Oc2ccc3cc(CCN)ccc3n2)cc1. The average Bonchev–Trinajstić information content (AvgIpc) is 2.57. The molecule has 0 unspecified atom stereocenters. The van der Waals surface area contributed by atoms with Gasteiger partial charge in [0, 0.05) is 24.1 Å². The third kappa shape index (κ3) is 3.88. The summed E-state index contributed by atoms with van der Waals surface area (Å²) >= 11 is 0. The van der Waals surface area contributed by atoms with Crippen LogP contribution in [0.1, 0.15) is 12.5 Å². The summed E-state index contributed by atoms with van der Waals surface area (Å²) in [6.45, 7) is 2.11. The van der Waals surface area contributed by atoms with Crippen molar-refractivity contribution in [2.24, 2.45) is 5.73 Å². The molecule has 5 nitrogen and oxygen atoms in total. The van der Waals surface area contributed by atoms with Gasteiger partial charge in [-0.15, -0.1) is 0 Å². The molecule has 0 aliphatic heterocycles. The first-order chi connectivity index (χ1) is 11.6. The van der Waals surface area contributed by atoms with Crippen LogP contribution in [0, 0.1) is 0 Å². The van der Waals surface area contributed by atoms with Gasteiger partial charge in [-0.3, -0.25) is 4.79 Å². The molecule has 3 N–H and O–H groups in total. The lowest BCUT2D eigenvalue weighted by Crippen LogP contribution is -2.05. The fourth-order valence-corrected chi connectivity index (χ4v) is 2.47. The Bertz CT molecular complexity index is 860. The van der Waals surface area contributed by atoms with Crippen molar-refractivity contribution in [3.05, 3.63) is 60.2 Å². The summed E-state index contributed by atoms with van der Waals surface area (Å²) in [6, 6.07) is 17.1. The standard InChI is InChI=1S/C19H19N3O2/c1-13(23)21-16-4-6-17(7-5-16)24-19-9-3-15-12-14(10-11-20)2-8-18(15)22-19/h2-9,12H,10-11,20H2,1H3,(H,21,23). The number of carbonyl (C=O) groups excluding carboxylic acids is 1. The van der Waals surface area contributed by atoms with Crippen molar-refractivity contribution in [1.29, 1.82) is 0 Å². The van der Waals surface area contributed by atoms with E-state index in [1.807, 2.05) is 24.3 Å². The van der Waals surface area contributed by atoms with Crippen LogP contribution in [0.25, 0.3) is 10.9 Å². The number of nitrogens with two attached hydrogens (primary N) is 1. The fraction of sp³-hybridized carbons (Fsp3) is 0.158. The molecule has 1 heterocycles. The quantitative estimate of drug-likeness (QED) is 0.754. The van der Waals surface area contributed by atoms with E-state index in [1.54, 1.807) is 24.3 Å². The molecule has 0 aliphatic rings. The normalized spacial score (nSPS) is 10.6. The maximum atomic E-state index is 11.0. The molecule has 1 amide bonds. The van der Waals surface area contributed by atoms with Crippen LogP contribution < -0.4 is 15.8 Å². The maximum Gasteiger partial charge on any atom is 0.221 e. The van der Waals surface area contributed by atoms with E-state index in [4.69, 9.17) is 10.5 Å². The number of anilines is 1. The number of nitrogens with one attached hydrogen (secondary N) is 1. The van der Waals surface area contributed by atoms with Gasteiger partial charge < -0.3 is 15.8 Å². The van der Waals surface area contributed by atoms with Crippen molar-refractivity contribution >= 4 is 22.5 Å². The van der Waals surface area contributed by atoms with Crippen molar-refractivity contribution in [2.45, 2.75) is 13.3 Å². The van der Waals surface area contributed by atoms with Crippen LogP contribution in [0.3, 0.4) is 0 Å². The second kappa shape index (κ2) is 7.10. The number of carbonyl (C=O) groups is 1. The predicted octanol–water partition coefficient (Wildman–Crippen LogP) is 3.49. The van der Waals surface area contributed by atoms with Gasteiger partial charge in [0.25, 0.3) is 0 Å². The second-order valence-electron chi connectivity index (χ2n) is 5.52. The highest BCUT2D eigenvalue weighted by Crippen LogP contribution is 2.24. The first kappa shape index (κ1) is 16.0. The average molecular weight is 321 g/mol. The monoisotopic (exact) mass is 321 g/mol. The van der Waals surface area contributed by atoms with E-state index in [1.165, 1.54) is 12.5 Å². The number of hydrogen-bond acceptors (Lipinski definition) is 4. The Morgan fingerprint density at radius 2 is 1.92 bits per heavy atom. The van der Waals surface area contributed by atoms with Crippen molar-refractivity contribution in [2.75, 3.05) is 11.9 Å². The number of ether oxygens (including phenoxy) is 1. The lowest BCUT2D eigenvalue weighted by molar-refractivity contribution is -0.114. The van der Waals surface area contributed by atoms with Crippen molar-refractivity contribution in [1.82, 2.24) is 4.98 Å². The zero-order chi connectivity index (χ0) is 16.9. The summed E-state index contributed by atoms with van der Waals surface area (Å²) in [6.07, 6.45) is 0.856. The Morgan fingerprint density at radius 1 is 1.12 bits per heavy atom. The number of fused-ring (bicyclic) bond motifs is 1. The van der Waals surface area contributed by atoms with Crippen LogP contribution >= 0.6 is 0 Å². The number of nitrogens with zero attached hydrogens (tertiary/aromatic N) is 1. The molecular weight excluding hydrogens is 302 g/mol. The minimum atomic E-state index is -0.103. The number of hydrogen-bond donors (Lipinski definition) is 2. The Hall–Kier alpha value is -2.92. The maximum absolute atomic E-state index is 11.0. The van der Waals surface area contributed by atoms with Crippen LogP contribution in [0.4, 0.5) is 5.69 Å². The molecule has 24 heavy (non-hydrogen) atoms. The number of amides is 1. The fourth-order valence-electron chi connectivity index (χ4n) is 2.47. The summed E-state index contributed by atoms with van der Waals surface area (Å²) in [7, 11) is 0. The van der Waals surface area contributed by atoms with Gasteiger partial charge >= 0.3 is 0 Å². The molecule has 1 aromatic heterocycles. The zero-order valence-electron chi connectivity index (χ0n) is 13.5. The lowest BCUT2D eigenvalue weighted by atomic mass is 10.1. The van der Waals surface area contributed by atoms with Gasteiger partial charge in [-0.1, -0.05) is 6.07 Å². The Labute approximate surface area is 140 Å². The number of aromatic nitrogens is 1. The van der Waals surface area contributed by atoms with Gasteiger partial charge in [-0.2, -0.15) is 0 Å². The Balaban J connectivity index is 1.77. The number of benzene rings is 2. The van der Waals surface area contributed by atoms with Crippen LogP contribution in [0.15, 0.2) is 54.6 Å². The first-order valence-corrected chi connectivity index (χ1v) is 7.79. The molecule has 2 aromatic carbocycles. The Kier molecular flexibility index (Phi) is 4.72. The Morgan fingerprint density at radius 3 is 2.62 bits per heavy atom. The molecule has 0 atom stereocenters. The third-order valence-corrected chi connectivity index (χ3v) is 3.56. The topological polar surface area (TPSA) is 77.2 Å². The molecule has 0 radical (unpaired) electrons. The molecule has 3 aromatic rings. The molecular formula is C19H19N3O2. The molecule has 0 saturated heterocycles.